The molecule has 1 heterocycles. The molecule has 0 bridgehead atoms. The molecular weight excluding hydrogens is 390 g/mol. The van der Waals surface area contributed by atoms with Crippen molar-refractivity contribution in [1.29, 1.82) is 0 Å². The number of aromatic nitrogens is 2. The predicted molar refractivity (Wildman–Crippen MR) is 120 cm³/mol. The van der Waals surface area contributed by atoms with Gasteiger partial charge in [-0.05, 0) is 37.5 Å². The van der Waals surface area contributed by atoms with Gasteiger partial charge in [-0.15, -0.1) is 0 Å². The van der Waals surface area contributed by atoms with E-state index in [-0.39, 0.29) is 18.6 Å². The molecule has 0 aliphatic heterocycles. The van der Waals surface area contributed by atoms with E-state index in [1.54, 1.807) is 10.8 Å². The number of hydrogen-bond acceptors (Lipinski definition) is 4. The second-order valence-corrected chi connectivity index (χ2v) is 7.37. The van der Waals surface area contributed by atoms with Crippen LogP contribution in [0.5, 0.6) is 0 Å². The minimum absolute atomic E-state index is 0.217. The van der Waals surface area contributed by atoms with Crippen LogP contribution in [0.15, 0.2) is 66.7 Å². The maximum Gasteiger partial charge on any atom is 0.331 e. The third-order valence-corrected chi connectivity index (χ3v) is 5.12. The van der Waals surface area contributed by atoms with E-state index >= 15 is 0 Å². The zero-order chi connectivity index (χ0) is 22.2. The lowest BCUT2D eigenvalue weighted by atomic mass is 9.99. The van der Waals surface area contributed by atoms with Crippen molar-refractivity contribution < 1.29 is 14.3 Å². The molecule has 0 saturated heterocycles. The number of benzene rings is 2. The van der Waals surface area contributed by atoms with Crippen LogP contribution in [-0.4, -0.2) is 28.3 Å². The normalized spacial score (nSPS) is 12.0. The van der Waals surface area contributed by atoms with Crippen molar-refractivity contribution in [2.45, 2.75) is 26.3 Å². The summed E-state index contributed by atoms with van der Waals surface area (Å²) in [5, 5.41) is 7.29. The summed E-state index contributed by atoms with van der Waals surface area (Å²) >= 11 is 0. The minimum Gasteiger partial charge on any atom is -0.452 e. The molecule has 2 aromatic carbocycles. The minimum atomic E-state index is -0.572. The van der Waals surface area contributed by atoms with E-state index in [1.807, 2.05) is 81.6 Å². The van der Waals surface area contributed by atoms with Gasteiger partial charge in [0, 0.05) is 24.4 Å². The van der Waals surface area contributed by atoms with Crippen molar-refractivity contribution in [1.82, 2.24) is 15.1 Å². The molecule has 0 saturated carbocycles. The van der Waals surface area contributed by atoms with Crippen LogP contribution in [0.4, 0.5) is 0 Å². The van der Waals surface area contributed by atoms with Crippen LogP contribution < -0.4 is 5.32 Å². The largest absolute Gasteiger partial charge is 0.452 e. The Kier molecular flexibility index (Phi) is 7.38. The van der Waals surface area contributed by atoms with E-state index in [1.165, 1.54) is 6.08 Å². The zero-order valence-corrected chi connectivity index (χ0v) is 18.0. The molecule has 0 spiro atoms. The summed E-state index contributed by atoms with van der Waals surface area (Å²) in [4.78, 5) is 24.6. The molecule has 1 amide bonds. The van der Waals surface area contributed by atoms with Gasteiger partial charge in [0.05, 0.1) is 11.7 Å². The van der Waals surface area contributed by atoms with E-state index in [9.17, 15) is 9.59 Å². The third kappa shape index (κ3) is 6.15. The fourth-order valence-electron chi connectivity index (χ4n) is 3.39. The summed E-state index contributed by atoms with van der Waals surface area (Å²) < 4.78 is 6.89. The molecule has 0 fully saturated rings. The fourth-order valence-corrected chi connectivity index (χ4v) is 3.39. The molecule has 31 heavy (non-hydrogen) atoms. The van der Waals surface area contributed by atoms with Crippen molar-refractivity contribution in [2.24, 2.45) is 7.05 Å². The summed E-state index contributed by atoms with van der Waals surface area (Å²) in [5.41, 5.74) is 4.75. The topological polar surface area (TPSA) is 73.2 Å². The summed E-state index contributed by atoms with van der Waals surface area (Å²) in [6.45, 7) is 3.46. The van der Waals surface area contributed by atoms with Gasteiger partial charge >= 0.3 is 5.97 Å². The van der Waals surface area contributed by atoms with Crippen LogP contribution in [0.25, 0.3) is 6.08 Å². The number of carbonyl (C=O) groups excluding carboxylic acids is 2. The lowest BCUT2D eigenvalue weighted by Gasteiger charge is -2.19. The highest BCUT2D eigenvalue weighted by Crippen LogP contribution is 2.18. The molecule has 6 heteroatoms. The highest BCUT2D eigenvalue weighted by molar-refractivity contribution is 5.89. The molecule has 160 valence electrons. The molecule has 0 aliphatic carbocycles. The predicted octanol–water partition coefficient (Wildman–Crippen LogP) is 3.69. The van der Waals surface area contributed by atoms with Crippen LogP contribution in [0, 0.1) is 13.8 Å². The lowest BCUT2D eigenvalue weighted by Crippen LogP contribution is -2.33. The number of carbonyl (C=O) groups is 2. The first kappa shape index (κ1) is 22.0. The number of ether oxygens (including phenoxy) is 1. The first-order valence-electron chi connectivity index (χ1n) is 10.2. The van der Waals surface area contributed by atoms with Crippen LogP contribution in [-0.2, 0) is 27.8 Å². The van der Waals surface area contributed by atoms with Gasteiger partial charge in [-0.25, -0.2) is 4.79 Å². The van der Waals surface area contributed by atoms with E-state index in [0.717, 1.165) is 28.1 Å². The van der Waals surface area contributed by atoms with Crippen LogP contribution >= 0.6 is 0 Å². The smallest absolute Gasteiger partial charge is 0.331 e. The average molecular weight is 418 g/mol. The second-order valence-electron chi connectivity index (χ2n) is 7.37. The molecule has 6 nitrogen and oxygen atoms in total. The molecule has 0 radical (unpaired) electrons. The maximum atomic E-state index is 12.5. The summed E-state index contributed by atoms with van der Waals surface area (Å²) in [7, 11) is 1.85. The van der Waals surface area contributed by atoms with Gasteiger partial charge in [-0.3, -0.25) is 9.48 Å². The van der Waals surface area contributed by atoms with Crippen molar-refractivity contribution in [3.8, 4) is 0 Å². The maximum absolute atomic E-state index is 12.5. The Morgan fingerprint density at radius 2 is 1.71 bits per heavy atom. The Morgan fingerprint density at radius 1 is 1.06 bits per heavy atom. The van der Waals surface area contributed by atoms with Crippen LogP contribution in [0.1, 0.15) is 34.1 Å². The molecule has 1 atom stereocenters. The molecule has 0 aliphatic rings. The molecule has 1 aromatic heterocycles. The Hall–Kier alpha value is -3.67. The van der Waals surface area contributed by atoms with Crippen LogP contribution in [0.2, 0.25) is 0 Å². The highest BCUT2D eigenvalue weighted by atomic mass is 16.5. The number of rotatable bonds is 8. The fraction of sp³-hybridized carbons (Fsp3) is 0.240. The standard InChI is InChI=1S/C25H27N3O3/c1-18-22(19(2)28(3)27-18)14-15-25(30)31-17-24(29)26-23(21-12-8-5-9-13-21)16-20-10-6-4-7-11-20/h4-15,23H,16-17H2,1-3H3,(H,26,29)/b15-14+/t23-/m0/s1. The Morgan fingerprint density at radius 3 is 2.32 bits per heavy atom. The van der Waals surface area contributed by atoms with Gasteiger partial charge in [-0.2, -0.15) is 5.10 Å². The van der Waals surface area contributed by atoms with Gasteiger partial charge in [0.2, 0.25) is 0 Å². The van der Waals surface area contributed by atoms with E-state index in [4.69, 9.17) is 4.74 Å². The third-order valence-electron chi connectivity index (χ3n) is 5.12. The average Bonchev–Trinajstić information content (AvgIpc) is 3.02. The van der Waals surface area contributed by atoms with E-state index < -0.39 is 5.97 Å². The van der Waals surface area contributed by atoms with Crippen molar-refractivity contribution in [3.63, 3.8) is 0 Å². The van der Waals surface area contributed by atoms with Crippen molar-refractivity contribution >= 4 is 18.0 Å². The van der Waals surface area contributed by atoms with E-state index in [0.29, 0.717) is 6.42 Å². The van der Waals surface area contributed by atoms with Gasteiger partial charge in [0.1, 0.15) is 0 Å². The monoisotopic (exact) mass is 417 g/mol. The van der Waals surface area contributed by atoms with Crippen molar-refractivity contribution in [3.05, 3.63) is 94.8 Å². The summed E-state index contributed by atoms with van der Waals surface area (Å²) in [6, 6.07) is 19.5. The quantitative estimate of drug-likeness (QED) is 0.448. The molecule has 3 rings (SSSR count). The summed E-state index contributed by atoms with van der Waals surface area (Å²) in [6.07, 6.45) is 3.63. The lowest BCUT2D eigenvalue weighted by molar-refractivity contribution is -0.144. The van der Waals surface area contributed by atoms with Gasteiger partial charge in [0.15, 0.2) is 6.61 Å². The van der Waals surface area contributed by atoms with Crippen molar-refractivity contribution in [2.75, 3.05) is 6.61 Å². The number of nitrogens with zero attached hydrogens (tertiary/aromatic N) is 2. The molecule has 1 N–H and O–H groups in total. The Balaban J connectivity index is 1.59. The molecular formula is C25H27N3O3. The Bertz CT molecular complexity index is 1060. The Labute approximate surface area is 182 Å². The highest BCUT2D eigenvalue weighted by Gasteiger charge is 2.16. The number of amides is 1. The molecule has 3 aromatic rings. The zero-order valence-electron chi connectivity index (χ0n) is 18.0. The first-order chi connectivity index (χ1) is 14.9. The molecule has 0 unspecified atom stereocenters. The number of esters is 1. The van der Waals surface area contributed by atoms with Crippen LogP contribution in [0.3, 0.4) is 0 Å². The second kappa shape index (κ2) is 10.4. The number of hydrogen-bond donors (Lipinski definition) is 1. The SMILES string of the molecule is Cc1nn(C)c(C)c1/C=C/C(=O)OCC(=O)N[C@@H](Cc1ccccc1)c1ccccc1. The summed E-state index contributed by atoms with van der Waals surface area (Å²) in [5.74, 6) is -0.919. The van der Waals surface area contributed by atoms with Gasteiger partial charge < -0.3 is 10.1 Å². The van der Waals surface area contributed by atoms with Gasteiger partial charge in [-0.1, -0.05) is 60.7 Å². The number of nitrogens with one attached hydrogen (secondary N) is 1. The number of aryl methyl sites for hydroxylation is 2. The first-order valence-corrected chi connectivity index (χ1v) is 10.2. The van der Waals surface area contributed by atoms with Gasteiger partial charge in [0.25, 0.3) is 5.91 Å². The van der Waals surface area contributed by atoms with E-state index in [2.05, 4.69) is 10.4 Å².